The van der Waals surface area contributed by atoms with E-state index < -0.39 is 6.10 Å². The summed E-state index contributed by atoms with van der Waals surface area (Å²) in [5.74, 6) is -0.954. The van der Waals surface area contributed by atoms with Crippen molar-refractivity contribution in [3.8, 4) is 0 Å². The second-order valence-electron chi connectivity index (χ2n) is 15.3. The maximum atomic E-state index is 12.7. The van der Waals surface area contributed by atoms with Crippen molar-refractivity contribution in [2.75, 3.05) is 13.2 Å². The van der Waals surface area contributed by atoms with Gasteiger partial charge in [0.15, 0.2) is 6.10 Å². The predicted octanol–water partition coefficient (Wildman–Crippen LogP) is 14.8. The normalized spacial score (nSPS) is 12.4. The summed E-state index contributed by atoms with van der Waals surface area (Å²) in [5, 5.41) is 0. The van der Waals surface area contributed by atoms with Crippen LogP contribution in [0.1, 0.15) is 226 Å². The first-order valence-corrected chi connectivity index (χ1v) is 23.1. The summed E-state index contributed by atoms with van der Waals surface area (Å²) in [6, 6.07) is 0. The standard InChI is InChI=1S/C49H86O6/c1-4-7-10-13-16-19-21-22-23-24-25-26-27-28-31-33-36-39-42-48(51)54-45-46(44-53-47(50)41-38-35-32-29-18-15-12-9-6-3)55-49(52)43-40-37-34-30-20-17-14-11-8-5-2/h9,12,14,17-18,25-26,29,46H,4-8,10-11,13,15-16,19-24,27-28,30-45H2,1-3H3/b12-9-,17-14-,26-25-,29-18-. The fraction of sp³-hybridized carbons (Fsp3) is 0.776. The maximum Gasteiger partial charge on any atom is 0.306 e. The molecule has 0 aromatic carbocycles. The minimum absolute atomic E-state index is 0.0924. The smallest absolute Gasteiger partial charge is 0.306 e. The van der Waals surface area contributed by atoms with Gasteiger partial charge in [-0.3, -0.25) is 14.4 Å². The highest BCUT2D eigenvalue weighted by atomic mass is 16.6. The van der Waals surface area contributed by atoms with Crippen molar-refractivity contribution in [2.24, 2.45) is 0 Å². The molecule has 6 heteroatoms. The van der Waals surface area contributed by atoms with E-state index in [4.69, 9.17) is 14.2 Å². The number of esters is 3. The van der Waals surface area contributed by atoms with Crippen LogP contribution in [0.4, 0.5) is 0 Å². The van der Waals surface area contributed by atoms with Gasteiger partial charge in [0, 0.05) is 19.3 Å². The summed E-state index contributed by atoms with van der Waals surface area (Å²) in [6.45, 7) is 6.41. The van der Waals surface area contributed by atoms with E-state index in [-0.39, 0.29) is 31.1 Å². The number of hydrogen-bond acceptors (Lipinski definition) is 6. The van der Waals surface area contributed by atoms with E-state index in [1.165, 1.54) is 89.9 Å². The van der Waals surface area contributed by atoms with E-state index in [0.29, 0.717) is 19.3 Å². The lowest BCUT2D eigenvalue weighted by atomic mass is 10.1. The molecule has 0 radical (unpaired) electrons. The lowest BCUT2D eigenvalue weighted by Gasteiger charge is -2.18. The molecule has 0 N–H and O–H groups in total. The largest absolute Gasteiger partial charge is 0.462 e. The molecule has 0 heterocycles. The highest BCUT2D eigenvalue weighted by Gasteiger charge is 2.19. The molecule has 0 spiro atoms. The fourth-order valence-corrected chi connectivity index (χ4v) is 6.28. The first-order valence-electron chi connectivity index (χ1n) is 23.1. The Hall–Kier alpha value is -2.63. The zero-order valence-corrected chi connectivity index (χ0v) is 36.2. The van der Waals surface area contributed by atoms with Crippen molar-refractivity contribution in [1.29, 1.82) is 0 Å². The molecule has 0 aliphatic heterocycles. The van der Waals surface area contributed by atoms with Crippen LogP contribution in [0.3, 0.4) is 0 Å². The molecular weight excluding hydrogens is 685 g/mol. The van der Waals surface area contributed by atoms with E-state index in [1.54, 1.807) is 0 Å². The number of allylic oxidation sites excluding steroid dienone is 8. The molecule has 0 aliphatic carbocycles. The fourth-order valence-electron chi connectivity index (χ4n) is 6.28. The molecule has 0 aliphatic rings. The minimum Gasteiger partial charge on any atom is -0.462 e. The van der Waals surface area contributed by atoms with Gasteiger partial charge in [0.05, 0.1) is 0 Å². The maximum absolute atomic E-state index is 12.7. The van der Waals surface area contributed by atoms with Crippen LogP contribution < -0.4 is 0 Å². The molecule has 1 unspecified atom stereocenters. The first kappa shape index (κ1) is 52.4. The number of carbonyl (C=O) groups is 3. The molecule has 318 valence electrons. The van der Waals surface area contributed by atoms with Crippen LogP contribution in [0.5, 0.6) is 0 Å². The molecular formula is C49H86O6. The van der Waals surface area contributed by atoms with E-state index in [1.807, 2.05) is 0 Å². The predicted molar refractivity (Wildman–Crippen MR) is 233 cm³/mol. The molecule has 0 amide bonds. The Kier molecular flexibility index (Phi) is 42.0. The van der Waals surface area contributed by atoms with Gasteiger partial charge < -0.3 is 14.2 Å². The number of unbranched alkanes of at least 4 members (excludes halogenated alkanes) is 22. The average Bonchev–Trinajstić information content (AvgIpc) is 3.18. The van der Waals surface area contributed by atoms with Crippen molar-refractivity contribution in [1.82, 2.24) is 0 Å². The van der Waals surface area contributed by atoms with E-state index in [0.717, 1.165) is 96.3 Å². The zero-order chi connectivity index (χ0) is 40.1. The Morgan fingerprint density at radius 3 is 1.20 bits per heavy atom. The molecule has 0 saturated carbocycles. The lowest BCUT2D eigenvalue weighted by molar-refractivity contribution is -0.167. The van der Waals surface area contributed by atoms with Gasteiger partial charge in [0.1, 0.15) is 13.2 Å². The van der Waals surface area contributed by atoms with Crippen molar-refractivity contribution < 1.29 is 28.6 Å². The van der Waals surface area contributed by atoms with Crippen molar-refractivity contribution >= 4 is 17.9 Å². The highest BCUT2D eigenvalue weighted by molar-refractivity contribution is 5.71. The van der Waals surface area contributed by atoms with Gasteiger partial charge in [-0.25, -0.2) is 0 Å². The van der Waals surface area contributed by atoms with Gasteiger partial charge in [-0.15, -0.1) is 0 Å². The van der Waals surface area contributed by atoms with Crippen molar-refractivity contribution in [3.63, 3.8) is 0 Å². The number of ether oxygens (including phenoxy) is 3. The monoisotopic (exact) mass is 771 g/mol. The second-order valence-corrected chi connectivity index (χ2v) is 15.3. The van der Waals surface area contributed by atoms with Crippen LogP contribution in [0, 0.1) is 0 Å². The lowest BCUT2D eigenvalue weighted by Crippen LogP contribution is -2.30. The Labute approximate surface area is 339 Å². The molecule has 0 rings (SSSR count). The number of rotatable bonds is 41. The quantitative estimate of drug-likeness (QED) is 0.0267. The Bertz CT molecular complexity index is 980. The summed E-state index contributed by atoms with van der Waals surface area (Å²) in [6.07, 6.45) is 51.1. The van der Waals surface area contributed by atoms with E-state index >= 15 is 0 Å². The van der Waals surface area contributed by atoms with Crippen LogP contribution in [0.2, 0.25) is 0 Å². The molecule has 0 aromatic rings. The number of hydrogen-bond donors (Lipinski definition) is 0. The van der Waals surface area contributed by atoms with Crippen LogP contribution >= 0.6 is 0 Å². The molecule has 0 fully saturated rings. The molecule has 55 heavy (non-hydrogen) atoms. The molecule has 0 bridgehead atoms. The third-order valence-corrected chi connectivity index (χ3v) is 9.79. The number of carbonyl (C=O) groups excluding carboxylic acids is 3. The van der Waals surface area contributed by atoms with E-state index in [9.17, 15) is 14.4 Å². The summed E-state index contributed by atoms with van der Waals surface area (Å²) < 4.78 is 16.6. The summed E-state index contributed by atoms with van der Waals surface area (Å²) in [5.41, 5.74) is 0. The van der Waals surface area contributed by atoms with Crippen molar-refractivity contribution in [3.05, 3.63) is 48.6 Å². The van der Waals surface area contributed by atoms with E-state index in [2.05, 4.69) is 69.4 Å². The Morgan fingerprint density at radius 1 is 0.382 bits per heavy atom. The summed E-state index contributed by atoms with van der Waals surface area (Å²) >= 11 is 0. The molecule has 0 aromatic heterocycles. The Morgan fingerprint density at radius 2 is 0.727 bits per heavy atom. The highest BCUT2D eigenvalue weighted by Crippen LogP contribution is 2.13. The summed E-state index contributed by atoms with van der Waals surface area (Å²) in [4.78, 5) is 37.6. The van der Waals surface area contributed by atoms with Gasteiger partial charge in [-0.1, -0.05) is 166 Å². The summed E-state index contributed by atoms with van der Waals surface area (Å²) in [7, 11) is 0. The average molecular weight is 771 g/mol. The first-order chi connectivity index (χ1) is 27.0. The zero-order valence-electron chi connectivity index (χ0n) is 36.2. The molecule has 6 nitrogen and oxygen atoms in total. The second kappa shape index (κ2) is 44.1. The van der Waals surface area contributed by atoms with Crippen LogP contribution in [-0.4, -0.2) is 37.2 Å². The van der Waals surface area contributed by atoms with Gasteiger partial charge >= 0.3 is 17.9 Å². The van der Waals surface area contributed by atoms with Gasteiger partial charge in [0.25, 0.3) is 0 Å². The van der Waals surface area contributed by atoms with Crippen LogP contribution in [-0.2, 0) is 28.6 Å². The SMILES string of the molecule is CC/C=C\C/C=C\CCCCC(=O)OCC(COC(=O)CCCCCCC/C=C\CCCCCCCCCCC)OC(=O)CCCCCC/C=C\CCCC. The third kappa shape index (κ3) is 42.4. The van der Waals surface area contributed by atoms with Gasteiger partial charge in [-0.2, -0.15) is 0 Å². The third-order valence-electron chi connectivity index (χ3n) is 9.79. The topological polar surface area (TPSA) is 78.9 Å². The Balaban J connectivity index is 4.31. The minimum atomic E-state index is -0.791. The molecule has 1 atom stereocenters. The van der Waals surface area contributed by atoms with Crippen LogP contribution in [0.15, 0.2) is 48.6 Å². The van der Waals surface area contributed by atoms with Gasteiger partial charge in [-0.05, 0) is 89.9 Å². The van der Waals surface area contributed by atoms with Crippen molar-refractivity contribution in [2.45, 2.75) is 232 Å². The van der Waals surface area contributed by atoms with Crippen LogP contribution in [0.25, 0.3) is 0 Å². The molecule has 0 saturated heterocycles. The van der Waals surface area contributed by atoms with Gasteiger partial charge in [0.2, 0.25) is 0 Å².